The first-order valence-electron chi connectivity index (χ1n) is 12.8. The van der Waals surface area contributed by atoms with Gasteiger partial charge in [-0.25, -0.2) is 4.98 Å². The van der Waals surface area contributed by atoms with Crippen LogP contribution in [0, 0.1) is 17.3 Å². The summed E-state index contributed by atoms with van der Waals surface area (Å²) in [6.45, 7) is 10.3. The molecular formula is C27H41NO8. The predicted molar refractivity (Wildman–Crippen MR) is 131 cm³/mol. The van der Waals surface area contributed by atoms with Gasteiger partial charge in [0.05, 0.1) is 35.7 Å². The summed E-state index contributed by atoms with van der Waals surface area (Å²) in [5.74, 6) is -1.51. The van der Waals surface area contributed by atoms with E-state index in [9.17, 15) is 24.9 Å². The fourth-order valence-corrected chi connectivity index (χ4v) is 5.08. The number of ketones is 1. The lowest BCUT2D eigenvalue weighted by molar-refractivity contribution is -0.154. The van der Waals surface area contributed by atoms with E-state index in [0.29, 0.717) is 12.1 Å². The Morgan fingerprint density at radius 2 is 1.92 bits per heavy atom. The average Bonchev–Trinajstić information content (AvgIpc) is 3.23. The maximum absolute atomic E-state index is 13.2. The standard InChI is InChI=1S/C27H41NO8/c1-15-8-7-9-27(6)21(36-27)11-19(16(2)10-18-14-34-22(13-29)28-18)35-23(31)12-20(30)26(4,5)25(33)17(3)24(15)32/h10,14-15,17,19-21,24,29-30,32H,7-9,11-13H2,1-6H3/t15-,17+,19-,20-,21-,24-,27+/m0/s1. The van der Waals surface area contributed by atoms with Gasteiger partial charge in [-0.1, -0.05) is 34.1 Å². The second-order valence-corrected chi connectivity index (χ2v) is 11.3. The van der Waals surface area contributed by atoms with Crippen molar-refractivity contribution in [1.82, 2.24) is 4.98 Å². The number of Topliss-reactive ketones (excluding diaryl/α,β-unsaturated/α-hetero) is 1. The maximum Gasteiger partial charge on any atom is 0.309 e. The molecule has 2 saturated heterocycles. The summed E-state index contributed by atoms with van der Waals surface area (Å²) in [5.41, 5.74) is -0.383. The third-order valence-corrected chi connectivity index (χ3v) is 8.00. The fraction of sp³-hybridized carbons (Fsp3) is 0.741. The minimum absolute atomic E-state index is 0.0974. The lowest BCUT2D eigenvalue weighted by atomic mass is 9.73. The molecular weight excluding hydrogens is 466 g/mol. The van der Waals surface area contributed by atoms with Crippen LogP contribution in [0.2, 0.25) is 0 Å². The van der Waals surface area contributed by atoms with E-state index in [2.05, 4.69) is 4.98 Å². The monoisotopic (exact) mass is 507 g/mol. The van der Waals surface area contributed by atoms with E-state index < -0.39 is 35.6 Å². The quantitative estimate of drug-likeness (QED) is 0.415. The number of esters is 1. The number of aliphatic hydroxyl groups is 3. The topological polar surface area (TPSA) is 143 Å². The second kappa shape index (κ2) is 11.1. The predicted octanol–water partition coefficient (Wildman–Crippen LogP) is 3.19. The Morgan fingerprint density at radius 1 is 1.22 bits per heavy atom. The molecule has 202 valence electrons. The molecule has 7 atom stereocenters. The first-order valence-corrected chi connectivity index (χ1v) is 12.8. The van der Waals surface area contributed by atoms with Crippen LogP contribution < -0.4 is 0 Å². The molecule has 0 amide bonds. The Bertz CT molecular complexity index is 969. The van der Waals surface area contributed by atoms with E-state index in [1.165, 1.54) is 6.26 Å². The molecule has 0 bridgehead atoms. The summed E-state index contributed by atoms with van der Waals surface area (Å²) < 4.78 is 17.0. The van der Waals surface area contributed by atoms with E-state index in [1.54, 1.807) is 26.8 Å². The summed E-state index contributed by atoms with van der Waals surface area (Å²) in [6, 6.07) is 0. The van der Waals surface area contributed by atoms with Crippen LogP contribution in [-0.4, -0.2) is 62.1 Å². The molecule has 3 rings (SSSR count). The molecule has 9 heteroatoms. The molecule has 2 aliphatic heterocycles. The average molecular weight is 508 g/mol. The van der Waals surface area contributed by atoms with Gasteiger partial charge in [0.1, 0.15) is 30.5 Å². The summed E-state index contributed by atoms with van der Waals surface area (Å²) in [4.78, 5) is 30.3. The van der Waals surface area contributed by atoms with Crippen molar-refractivity contribution < 1.29 is 38.8 Å². The molecule has 1 aromatic heterocycles. The van der Waals surface area contributed by atoms with Crippen molar-refractivity contribution in [3.05, 3.63) is 23.4 Å². The van der Waals surface area contributed by atoms with Crippen molar-refractivity contribution in [2.45, 2.75) is 110 Å². The van der Waals surface area contributed by atoms with Gasteiger partial charge in [-0.15, -0.1) is 0 Å². The highest BCUT2D eigenvalue weighted by Gasteiger charge is 2.53. The van der Waals surface area contributed by atoms with Crippen LogP contribution in [0.25, 0.3) is 6.08 Å². The van der Waals surface area contributed by atoms with Gasteiger partial charge in [0, 0.05) is 12.3 Å². The van der Waals surface area contributed by atoms with Crippen LogP contribution in [-0.2, 0) is 25.7 Å². The van der Waals surface area contributed by atoms with Crippen molar-refractivity contribution in [2.75, 3.05) is 0 Å². The summed E-state index contributed by atoms with van der Waals surface area (Å²) in [6.07, 6.45) is 2.71. The minimum Gasteiger partial charge on any atom is -0.458 e. The van der Waals surface area contributed by atoms with Crippen LogP contribution >= 0.6 is 0 Å². The van der Waals surface area contributed by atoms with E-state index in [0.717, 1.165) is 24.8 Å². The Labute approximate surface area is 212 Å². The highest BCUT2D eigenvalue weighted by atomic mass is 16.6. The molecule has 0 saturated carbocycles. The molecule has 0 aromatic carbocycles. The smallest absolute Gasteiger partial charge is 0.309 e. The summed E-state index contributed by atoms with van der Waals surface area (Å²) >= 11 is 0. The number of rotatable bonds is 3. The van der Waals surface area contributed by atoms with Crippen LogP contribution in [0.15, 0.2) is 16.3 Å². The molecule has 9 nitrogen and oxygen atoms in total. The van der Waals surface area contributed by atoms with Crippen LogP contribution in [0.5, 0.6) is 0 Å². The number of ether oxygens (including phenoxy) is 2. The lowest BCUT2D eigenvalue weighted by Crippen LogP contribution is -2.45. The third-order valence-electron chi connectivity index (χ3n) is 8.00. The highest BCUT2D eigenvalue weighted by Crippen LogP contribution is 2.45. The zero-order valence-corrected chi connectivity index (χ0v) is 22.2. The zero-order chi connectivity index (χ0) is 26.8. The van der Waals surface area contributed by atoms with E-state index >= 15 is 0 Å². The minimum atomic E-state index is -1.27. The number of epoxide rings is 1. The molecule has 1 aromatic rings. The number of aliphatic hydroxyl groups excluding tert-OH is 3. The second-order valence-electron chi connectivity index (χ2n) is 11.3. The summed E-state index contributed by atoms with van der Waals surface area (Å²) in [7, 11) is 0. The molecule has 0 radical (unpaired) electrons. The van der Waals surface area contributed by atoms with E-state index in [1.807, 2.05) is 20.8 Å². The number of cyclic esters (lactones) is 1. The number of aromatic nitrogens is 1. The van der Waals surface area contributed by atoms with Crippen LogP contribution in [0.1, 0.15) is 85.2 Å². The SMILES string of the molecule is CC(=Cc1coc(CO)n1)[C@@H]1C[C@@H]2O[C@]2(C)CCC[C@H](C)[C@H](O)[C@@H](C)C(=O)C(C)(C)[C@@H](O)CC(=O)O1. The van der Waals surface area contributed by atoms with Gasteiger partial charge in [-0.05, 0) is 44.3 Å². The van der Waals surface area contributed by atoms with Crippen molar-refractivity contribution in [1.29, 1.82) is 0 Å². The number of nitrogens with zero attached hydrogens (tertiary/aromatic N) is 1. The van der Waals surface area contributed by atoms with Gasteiger partial charge < -0.3 is 29.2 Å². The molecule has 36 heavy (non-hydrogen) atoms. The van der Waals surface area contributed by atoms with Crippen molar-refractivity contribution in [3.8, 4) is 0 Å². The summed E-state index contributed by atoms with van der Waals surface area (Å²) in [5, 5.41) is 30.9. The number of carbonyl (C=O) groups is 2. The lowest BCUT2D eigenvalue weighted by Gasteiger charge is -2.34. The number of carbonyl (C=O) groups excluding carboxylic acids is 2. The zero-order valence-electron chi connectivity index (χ0n) is 22.2. The molecule has 2 fully saturated rings. The van der Waals surface area contributed by atoms with Gasteiger partial charge in [-0.2, -0.15) is 0 Å². The Balaban J connectivity index is 1.85. The van der Waals surface area contributed by atoms with Gasteiger partial charge in [0.2, 0.25) is 5.89 Å². The first kappa shape index (κ1) is 28.5. The highest BCUT2D eigenvalue weighted by molar-refractivity contribution is 5.88. The van der Waals surface area contributed by atoms with Crippen molar-refractivity contribution in [3.63, 3.8) is 0 Å². The van der Waals surface area contributed by atoms with Gasteiger partial charge in [-0.3, -0.25) is 9.59 Å². The number of fused-ring (bicyclic) bond motifs is 1. The Morgan fingerprint density at radius 3 is 2.56 bits per heavy atom. The number of hydrogen-bond donors (Lipinski definition) is 3. The first-order chi connectivity index (χ1) is 16.8. The Kier molecular flexibility index (Phi) is 8.81. The van der Waals surface area contributed by atoms with E-state index in [4.69, 9.17) is 13.9 Å². The van der Waals surface area contributed by atoms with Gasteiger partial charge in [0.15, 0.2) is 0 Å². The molecule has 3 N–H and O–H groups in total. The van der Waals surface area contributed by atoms with Crippen molar-refractivity contribution in [2.24, 2.45) is 17.3 Å². The number of oxazole rings is 1. The van der Waals surface area contributed by atoms with Crippen LogP contribution in [0.4, 0.5) is 0 Å². The molecule has 0 unspecified atom stereocenters. The fourth-order valence-electron chi connectivity index (χ4n) is 5.08. The third kappa shape index (κ3) is 6.43. The van der Waals surface area contributed by atoms with Crippen LogP contribution in [0.3, 0.4) is 0 Å². The largest absolute Gasteiger partial charge is 0.458 e. The number of hydrogen-bond acceptors (Lipinski definition) is 9. The van der Waals surface area contributed by atoms with Crippen molar-refractivity contribution >= 4 is 17.8 Å². The Hall–Kier alpha value is -2.07. The molecule has 0 aliphatic carbocycles. The van der Waals surface area contributed by atoms with Gasteiger partial charge >= 0.3 is 5.97 Å². The molecule has 3 heterocycles. The van der Waals surface area contributed by atoms with E-state index in [-0.39, 0.29) is 42.3 Å². The normalized spacial score (nSPS) is 36.8. The maximum atomic E-state index is 13.2. The molecule has 0 spiro atoms. The molecule has 2 aliphatic rings. The van der Waals surface area contributed by atoms with Gasteiger partial charge in [0.25, 0.3) is 0 Å².